The highest BCUT2D eigenvalue weighted by Crippen LogP contribution is 2.17. The van der Waals surface area contributed by atoms with E-state index in [1.54, 1.807) is 0 Å². The molecule has 0 radical (unpaired) electrons. The first kappa shape index (κ1) is 19.1. The molecule has 2 N–H and O–H groups in total. The Hall–Kier alpha value is -0.920. The summed E-state index contributed by atoms with van der Waals surface area (Å²) in [4.78, 5) is 4.45. The molecular weight excluding hydrogens is 399 g/mol. The van der Waals surface area contributed by atoms with Crippen molar-refractivity contribution in [2.75, 3.05) is 13.1 Å². The molecule has 3 nitrogen and oxygen atoms in total. The van der Waals surface area contributed by atoms with Crippen LogP contribution < -0.4 is 10.6 Å². The lowest BCUT2D eigenvalue weighted by molar-refractivity contribution is 0.584. The Balaban J connectivity index is 0.00000242. The predicted octanol–water partition coefficient (Wildman–Crippen LogP) is 3.62. The smallest absolute Gasteiger partial charge is 0.191 e. The number of rotatable bonds is 5. The van der Waals surface area contributed by atoms with Crippen LogP contribution in [-0.2, 0) is 6.42 Å². The van der Waals surface area contributed by atoms with Gasteiger partial charge in [0.1, 0.15) is 11.6 Å². The summed E-state index contributed by atoms with van der Waals surface area (Å²) >= 11 is 0. The molecule has 0 aliphatic heterocycles. The molecule has 0 saturated heterocycles. The zero-order chi connectivity index (χ0) is 15.1. The van der Waals surface area contributed by atoms with E-state index >= 15 is 0 Å². The van der Waals surface area contributed by atoms with Crippen LogP contribution in [0, 0.1) is 11.6 Å². The standard InChI is InChI=1S/C16H23F2N3.HI/c1-2-19-16(21-14-5-3-4-6-14)20-10-9-12-11-13(17)7-8-15(12)18;/h7-8,11,14H,2-6,9-10H2,1H3,(H2,19,20,21);1H. The molecule has 1 aliphatic rings. The quantitative estimate of drug-likeness (QED) is 0.431. The molecule has 1 aliphatic carbocycles. The number of hydrogen-bond donors (Lipinski definition) is 2. The molecule has 0 bridgehead atoms. The molecule has 0 aromatic heterocycles. The maximum atomic E-state index is 13.5. The zero-order valence-corrected chi connectivity index (χ0v) is 15.2. The molecule has 22 heavy (non-hydrogen) atoms. The first-order chi connectivity index (χ1) is 10.2. The van der Waals surface area contributed by atoms with Crippen molar-refractivity contribution in [1.29, 1.82) is 0 Å². The van der Waals surface area contributed by atoms with Gasteiger partial charge in [-0.1, -0.05) is 12.8 Å². The lowest BCUT2D eigenvalue weighted by atomic mass is 10.1. The number of halogens is 3. The number of nitrogens with zero attached hydrogens (tertiary/aromatic N) is 1. The average Bonchev–Trinajstić information content (AvgIpc) is 2.96. The Kier molecular flexibility index (Phi) is 8.67. The van der Waals surface area contributed by atoms with E-state index in [1.807, 2.05) is 6.92 Å². The number of guanidine groups is 1. The van der Waals surface area contributed by atoms with Gasteiger partial charge in [-0.3, -0.25) is 4.99 Å². The summed E-state index contributed by atoms with van der Waals surface area (Å²) in [5.41, 5.74) is 0.371. The summed E-state index contributed by atoms with van der Waals surface area (Å²) in [6, 6.07) is 4.01. The van der Waals surface area contributed by atoms with Crippen molar-refractivity contribution >= 4 is 29.9 Å². The molecule has 2 rings (SSSR count). The molecular formula is C16H24F2IN3. The van der Waals surface area contributed by atoms with Crippen LogP contribution in [0.3, 0.4) is 0 Å². The number of benzene rings is 1. The second-order valence-corrected chi connectivity index (χ2v) is 5.37. The van der Waals surface area contributed by atoms with Crippen molar-refractivity contribution in [1.82, 2.24) is 10.6 Å². The van der Waals surface area contributed by atoms with Crippen molar-refractivity contribution in [3.8, 4) is 0 Å². The predicted molar refractivity (Wildman–Crippen MR) is 96.8 cm³/mol. The van der Waals surface area contributed by atoms with Gasteiger partial charge in [0.2, 0.25) is 0 Å². The van der Waals surface area contributed by atoms with Crippen LogP contribution >= 0.6 is 24.0 Å². The minimum atomic E-state index is -0.411. The van der Waals surface area contributed by atoms with E-state index < -0.39 is 5.82 Å². The molecule has 0 unspecified atom stereocenters. The fraction of sp³-hybridized carbons (Fsp3) is 0.562. The van der Waals surface area contributed by atoms with Crippen LogP contribution in [0.25, 0.3) is 0 Å². The van der Waals surface area contributed by atoms with Crippen LogP contribution in [0.1, 0.15) is 38.2 Å². The molecule has 1 aromatic carbocycles. The molecule has 0 atom stereocenters. The Morgan fingerprint density at radius 2 is 2.00 bits per heavy atom. The van der Waals surface area contributed by atoms with Gasteiger partial charge in [0.25, 0.3) is 0 Å². The minimum absolute atomic E-state index is 0. The van der Waals surface area contributed by atoms with Gasteiger partial charge in [-0.2, -0.15) is 0 Å². The maximum absolute atomic E-state index is 13.5. The van der Waals surface area contributed by atoms with Gasteiger partial charge in [0.15, 0.2) is 5.96 Å². The van der Waals surface area contributed by atoms with Gasteiger partial charge in [0.05, 0.1) is 0 Å². The summed E-state index contributed by atoms with van der Waals surface area (Å²) in [6.07, 6.45) is 5.24. The van der Waals surface area contributed by atoms with Gasteiger partial charge in [0, 0.05) is 19.1 Å². The zero-order valence-electron chi connectivity index (χ0n) is 12.9. The van der Waals surface area contributed by atoms with E-state index in [0.29, 0.717) is 24.6 Å². The fourth-order valence-electron chi connectivity index (χ4n) is 2.61. The van der Waals surface area contributed by atoms with Gasteiger partial charge in [-0.05, 0) is 49.9 Å². The third-order valence-electron chi connectivity index (χ3n) is 3.70. The van der Waals surface area contributed by atoms with Crippen LogP contribution in [0.5, 0.6) is 0 Å². The average molecular weight is 423 g/mol. The molecule has 1 saturated carbocycles. The van der Waals surface area contributed by atoms with Crippen LogP contribution in [0.2, 0.25) is 0 Å². The maximum Gasteiger partial charge on any atom is 0.191 e. The van der Waals surface area contributed by atoms with Gasteiger partial charge in [-0.25, -0.2) is 8.78 Å². The minimum Gasteiger partial charge on any atom is -0.357 e. The fourth-order valence-corrected chi connectivity index (χ4v) is 2.61. The Labute approximate surface area is 148 Å². The third kappa shape index (κ3) is 6.06. The second-order valence-electron chi connectivity index (χ2n) is 5.37. The Morgan fingerprint density at radius 3 is 2.68 bits per heavy atom. The van der Waals surface area contributed by atoms with Gasteiger partial charge in [-0.15, -0.1) is 24.0 Å². The third-order valence-corrected chi connectivity index (χ3v) is 3.70. The summed E-state index contributed by atoms with van der Waals surface area (Å²) in [7, 11) is 0. The molecule has 124 valence electrons. The summed E-state index contributed by atoms with van der Waals surface area (Å²) in [5, 5.41) is 6.59. The van der Waals surface area contributed by atoms with Crippen LogP contribution in [0.15, 0.2) is 23.2 Å². The van der Waals surface area contributed by atoms with E-state index in [-0.39, 0.29) is 29.8 Å². The molecule has 6 heteroatoms. The van der Waals surface area contributed by atoms with Crippen LogP contribution in [0.4, 0.5) is 8.78 Å². The molecule has 0 heterocycles. The summed E-state index contributed by atoms with van der Waals surface area (Å²) in [5.74, 6) is -0.0204. The normalized spacial score (nSPS) is 15.5. The van der Waals surface area contributed by atoms with Crippen LogP contribution in [-0.4, -0.2) is 25.1 Å². The highest BCUT2D eigenvalue weighted by atomic mass is 127. The van der Waals surface area contributed by atoms with E-state index in [1.165, 1.54) is 31.7 Å². The van der Waals surface area contributed by atoms with Crippen molar-refractivity contribution in [3.05, 3.63) is 35.4 Å². The van der Waals surface area contributed by atoms with Crippen molar-refractivity contribution in [2.24, 2.45) is 4.99 Å². The SMILES string of the molecule is CCNC(=NCCc1cc(F)ccc1F)NC1CCCC1.I. The number of hydrogen-bond acceptors (Lipinski definition) is 1. The van der Waals surface area contributed by atoms with Gasteiger partial charge >= 0.3 is 0 Å². The van der Waals surface area contributed by atoms with E-state index in [0.717, 1.165) is 24.6 Å². The topological polar surface area (TPSA) is 36.4 Å². The first-order valence-electron chi connectivity index (χ1n) is 7.68. The lowest BCUT2D eigenvalue weighted by Crippen LogP contribution is -2.42. The number of nitrogens with one attached hydrogen (secondary N) is 2. The van der Waals surface area contributed by atoms with Crippen molar-refractivity contribution in [2.45, 2.75) is 45.1 Å². The largest absolute Gasteiger partial charge is 0.357 e. The highest BCUT2D eigenvalue weighted by Gasteiger charge is 2.15. The summed E-state index contributed by atoms with van der Waals surface area (Å²) < 4.78 is 26.6. The van der Waals surface area contributed by atoms with Crippen molar-refractivity contribution in [3.63, 3.8) is 0 Å². The number of aliphatic imine (C=N–C) groups is 1. The Morgan fingerprint density at radius 1 is 1.27 bits per heavy atom. The molecule has 1 fully saturated rings. The monoisotopic (exact) mass is 423 g/mol. The van der Waals surface area contributed by atoms with Crippen molar-refractivity contribution < 1.29 is 8.78 Å². The Bertz CT molecular complexity index is 488. The van der Waals surface area contributed by atoms with E-state index in [2.05, 4.69) is 15.6 Å². The molecule has 0 spiro atoms. The van der Waals surface area contributed by atoms with E-state index in [4.69, 9.17) is 0 Å². The summed E-state index contributed by atoms with van der Waals surface area (Å²) in [6.45, 7) is 3.23. The molecule has 1 aromatic rings. The highest BCUT2D eigenvalue weighted by molar-refractivity contribution is 14.0. The lowest BCUT2D eigenvalue weighted by Gasteiger charge is -2.16. The van der Waals surface area contributed by atoms with Gasteiger partial charge < -0.3 is 10.6 Å². The van der Waals surface area contributed by atoms with E-state index in [9.17, 15) is 8.78 Å². The first-order valence-corrected chi connectivity index (χ1v) is 7.68. The molecule has 0 amide bonds. The second kappa shape index (κ2) is 9.97.